The maximum Gasteiger partial charge on any atom is 0.162 e. The maximum atomic E-state index is 10.2. The van der Waals surface area contributed by atoms with Gasteiger partial charge >= 0.3 is 0 Å². The molecule has 0 aromatic rings. The first-order chi connectivity index (χ1) is 9.08. The third-order valence-corrected chi connectivity index (χ3v) is 4.80. The monoisotopic (exact) mass is 289 g/mol. The predicted molar refractivity (Wildman–Crippen MR) is 76.3 cm³/mol. The van der Waals surface area contributed by atoms with Gasteiger partial charge in [0.05, 0.1) is 0 Å². The summed E-state index contributed by atoms with van der Waals surface area (Å²) in [6.45, 7) is 6.24. The molecule has 0 aromatic carbocycles. The first-order valence-electron chi connectivity index (χ1n) is 6.76. The van der Waals surface area contributed by atoms with Crippen molar-refractivity contribution >= 4 is 16.9 Å². The third-order valence-electron chi connectivity index (χ3n) is 3.55. The molecular formula is C12H23N3O3S. The van der Waals surface area contributed by atoms with E-state index in [1.165, 1.54) is 11.8 Å². The molecule has 19 heavy (non-hydrogen) atoms. The normalized spacial score (nSPS) is 37.9. The van der Waals surface area contributed by atoms with E-state index in [1.54, 1.807) is 0 Å². The lowest BCUT2D eigenvalue weighted by Crippen LogP contribution is -2.57. The van der Waals surface area contributed by atoms with E-state index in [-0.39, 0.29) is 17.6 Å². The summed E-state index contributed by atoms with van der Waals surface area (Å²) in [5.41, 5.74) is -0.203. The second-order valence-electron chi connectivity index (χ2n) is 4.87. The minimum absolute atomic E-state index is 0.203. The predicted octanol–water partition coefficient (Wildman–Crippen LogP) is -0.534. The molecule has 0 aliphatic carbocycles. The highest BCUT2D eigenvalue weighted by atomic mass is 32.2. The van der Waals surface area contributed by atoms with Gasteiger partial charge in [-0.2, -0.15) is 0 Å². The van der Waals surface area contributed by atoms with Gasteiger partial charge in [-0.15, -0.1) is 0 Å². The van der Waals surface area contributed by atoms with E-state index in [2.05, 4.69) is 10.3 Å². The Balaban J connectivity index is 2.04. The zero-order valence-electron chi connectivity index (χ0n) is 11.6. The van der Waals surface area contributed by atoms with Gasteiger partial charge in [0.25, 0.3) is 0 Å². The topological polar surface area (TPSA) is 77.3 Å². The number of amidine groups is 1. The van der Waals surface area contributed by atoms with Crippen LogP contribution in [0.3, 0.4) is 0 Å². The zero-order chi connectivity index (χ0) is 14.0. The summed E-state index contributed by atoms with van der Waals surface area (Å²) in [7, 11) is 1.96. The molecule has 7 heteroatoms. The first-order valence-corrected chi connectivity index (χ1v) is 7.64. The van der Waals surface area contributed by atoms with Crippen molar-refractivity contribution in [3.05, 3.63) is 0 Å². The lowest BCUT2D eigenvalue weighted by Gasteiger charge is -2.38. The Bertz CT molecular complexity index is 342. The van der Waals surface area contributed by atoms with Gasteiger partial charge in [-0.25, -0.2) is 0 Å². The van der Waals surface area contributed by atoms with Crippen LogP contribution in [-0.4, -0.2) is 76.8 Å². The van der Waals surface area contributed by atoms with Crippen LogP contribution in [0.5, 0.6) is 0 Å². The van der Waals surface area contributed by atoms with Gasteiger partial charge in [0.2, 0.25) is 0 Å². The molecule has 5 atom stereocenters. The Morgan fingerprint density at radius 2 is 2.11 bits per heavy atom. The molecule has 2 aliphatic heterocycles. The molecule has 2 aliphatic rings. The van der Waals surface area contributed by atoms with Gasteiger partial charge < -0.3 is 25.2 Å². The van der Waals surface area contributed by atoms with Crippen molar-refractivity contribution in [3.63, 3.8) is 0 Å². The molecule has 0 bridgehead atoms. The van der Waals surface area contributed by atoms with E-state index in [0.717, 1.165) is 18.3 Å². The summed E-state index contributed by atoms with van der Waals surface area (Å²) in [5.74, 6) is 0. The number of aliphatic hydroxyl groups is 2. The van der Waals surface area contributed by atoms with Gasteiger partial charge in [0, 0.05) is 20.1 Å². The molecule has 1 fully saturated rings. The standard InChI is InChI=1S/C12H23N3O3S/c1-4-13-6-7-9(16)10(17)8-11(18-7)19-12(14-8)15(3)5-2/h7-11,13,16-17H,4-6H2,1-3H3. The smallest absolute Gasteiger partial charge is 0.162 e. The van der Waals surface area contributed by atoms with Gasteiger partial charge in [0.1, 0.15) is 29.8 Å². The van der Waals surface area contributed by atoms with Gasteiger partial charge in [-0.1, -0.05) is 18.7 Å². The van der Waals surface area contributed by atoms with Crippen LogP contribution in [0, 0.1) is 0 Å². The molecule has 0 saturated carbocycles. The fourth-order valence-electron chi connectivity index (χ4n) is 2.19. The lowest BCUT2D eigenvalue weighted by atomic mass is 9.98. The molecule has 3 N–H and O–H groups in total. The molecule has 5 unspecified atom stereocenters. The Morgan fingerprint density at radius 3 is 2.74 bits per heavy atom. The van der Waals surface area contributed by atoms with Crippen molar-refractivity contribution in [2.45, 2.75) is 43.6 Å². The summed E-state index contributed by atoms with van der Waals surface area (Å²) in [5, 5.41) is 24.3. The first kappa shape index (κ1) is 15.1. The van der Waals surface area contributed by atoms with Crippen LogP contribution in [-0.2, 0) is 4.74 Å². The Kier molecular flexibility index (Phi) is 5.08. The molecule has 2 heterocycles. The van der Waals surface area contributed by atoms with Crippen LogP contribution in [0.2, 0.25) is 0 Å². The van der Waals surface area contributed by atoms with E-state index in [4.69, 9.17) is 4.74 Å². The molecule has 0 amide bonds. The molecule has 110 valence electrons. The van der Waals surface area contributed by atoms with Gasteiger partial charge in [-0.3, -0.25) is 4.99 Å². The van der Waals surface area contributed by atoms with Crippen molar-refractivity contribution in [1.82, 2.24) is 10.2 Å². The molecule has 0 radical (unpaired) electrons. The number of fused-ring (bicyclic) bond motifs is 1. The van der Waals surface area contributed by atoms with Crippen LogP contribution in [0.1, 0.15) is 13.8 Å². The number of hydrogen-bond donors (Lipinski definition) is 3. The Labute approximate surface area is 118 Å². The highest BCUT2D eigenvalue weighted by Crippen LogP contribution is 2.36. The molecule has 6 nitrogen and oxygen atoms in total. The van der Waals surface area contributed by atoms with E-state index < -0.39 is 12.2 Å². The number of nitrogens with one attached hydrogen (secondary N) is 1. The zero-order valence-corrected chi connectivity index (χ0v) is 12.4. The van der Waals surface area contributed by atoms with E-state index >= 15 is 0 Å². The van der Waals surface area contributed by atoms with Crippen LogP contribution < -0.4 is 5.32 Å². The molecule has 0 spiro atoms. The highest BCUT2D eigenvalue weighted by Gasteiger charge is 2.48. The summed E-state index contributed by atoms with van der Waals surface area (Å²) in [6.07, 6.45) is -2.14. The third kappa shape index (κ3) is 3.05. The highest BCUT2D eigenvalue weighted by molar-refractivity contribution is 8.14. The van der Waals surface area contributed by atoms with Crippen LogP contribution in [0.15, 0.2) is 4.99 Å². The fraction of sp³-hybridized carbons (Fsp3) is 0.917. The quantitative estimate of drug-likeness (QED) is 0.646. The number of aliphatic hydroxyl groups excluding tert-OH is 2. The Morgan fingerprint density at radius 1 is 1.37 bits per heavy atom. The number of likely N-dealkylation sites (N-methyl/N-ethyl adjacent to an activating group) is 1. The number of nitrogens with zero attached hydrogens (tertiary/aromatic N) is 2. The molecule has 0 aromatic heterocycles. The number of ether oxygens (including phenoxy) is 1. The molecule has 2 rings (SSSR count). The van der Waals surface area contributed by atoms with E-state index in [9.17, 15) is 10.2 Å². The SMILES string of the molecule is CCNCC1OC2SC(N(C)CC)=NC2C(O)C1O. The van der Waals surface area contributed by atoms with Crippen LogP contribution >= 0.6 is 11.8 Å². The molecular weight excluding hydrogens is 266 g/mol. The van der Waals surface area contributed by atoms with E-state index in [1.807, 2.05) is 25.8 Å². The van der Waals surface area contributed by atoms with Crippen LogP contribution in [0.25, 0.3) is 0 Å². The lowest BCUT2D eigenvalue weighted by molar-refractivity contribution is -0.150. The molecule has 1 saturated heterocycles. The summed E-state index contributed by atoms with van der Waals surface area (Å²) in [6, 6.07) is -0.373. The number of thioether (sulfide) groups is 1. The van der Waals surface area contributed by atoms with Crippen molar-refractivity contribution in [1.29, 1.82) is 0 Å². The average molecular weight is 289 g/mol. The second kappa shape index (κ2) is 6.41. The minimum Gasteiger partial charge on any atom is -0.388 e. The number of aliphatic imine (C=N–C) groups is 1. The van der Waals surface area contributed by atoms with Crippen molar-refractivity contribution in [3.8, 4) is 0 Å². The van der Waals surface area contributed by atoms with Crippen molar-refractivity contribution in [2.24, 2.45) is 4.99 Å². The fourth-order valence-corrected chi connectivity index (χ4v) is 3.45. The Hall–Kier alpha value is -0.340. The van der Waals surface area contributed by atoms with Gasteiger partial charge in [-0.05, 0) is 13.5 Å². The van der Waals surface area contributed by atoms with E-state index in [0.29, 0.717) is 6.54 Å². The second-order valence-corrected chi connectivity index (χ2v) is 5.93. The van der Waals surface area contributed by atoms with Crippen molar-refractivity contribution < 1.29 is 14.9 Å². The summed E-state index contributed by atoms with van der Waals surface area (Å²) < 4.78 is 5.87. The largest absolute Gasteiger partial charge is 0.388 e. The number of hydrogen-bond acceptors (Lipinski definition) is 7. The number of rotatable bonds is 4. The van der Waals surface area contributed by atoms with Crippen molar-refractivity contribution in [2.75, 3.05) is 26.7 Å². The van der Waals surface area contributed by atoms with Crippen LogP contribution in [0.4, 0.5) is 0 Å². The maximum absolute atomic E-state index is 10.2. The minimum atomic E-state index is -0.893. The summed E-state index contributed by atoms with van der Waals surface area (Å²) >= 11 is 1.53. The summed E-state index contributed by atoms with van der Waals surface area (Å²) in [4.78, 5) is 6.50. The average Bonchev–Trinajstić information content (AvgIpc) is 2.84. The van der Waals surface area contributed by atoms with Gasteiger partial charge in [0.15, 0.2) is 5.17 Å².